The van der Waals surface area contributed by atoms with Crippen LogP contribution in [0.3, 0.4) is 0 Å². The zero-order valence-electron chi connectivity index (χ0n) is 9.04. The van der Waals surface area contributed by atoms with Crippen molar-refractivity contribution in [1.29, 1.82) is 0 Å². The lowest BCUT2D eigenvalue weighted by Crippen LogP contribution is -2.35. The van der Waals surface area contributed by atoms with Crippen LogP contribution in [0.2, 0.25) is 0 Å². The van der Waals surface area contributed by atoms with Crippen LogP contribution in [0.15, 0.2) is 6.33 Å². The molecule has 0 bridgehead atoms. The number of rotatable bonds is 3. The number of nitrogens with one attached hydrogen (secondary N) is 1. The van der Waals surface area contributed by atoms with E-state index in [0.717, 1.165) is 19.5 Å². The first-order valence-corrected chi connectivity index (χ1v) is 4.95. The summed E-state index contributed by atoms with van der Waals surface area (Å²) in [6.45, 7) is 1.81. The molecule has 16 heavy (non-hydrogen) atoms. The molecule has 1 aromatic heterocycles. The average molecular weight is 247 g/mol. The minimum absolute atomic E-state index is 0. The summed E-state index contributed by atoms with van der Waals surface area (Å²) in [4.78, 5) is 13.6. The average Bonchev–Trinajstić information content (AvgIpc) is 2.86. The number of amides is 1. The fourth-order valence-corrected chi connectivity index (χ4v) is 1.71. The molecular weight excluding hydrogens is 232 g/mol. The predicted molar refractivity (Wildman–Crippen MR) is 59.1 cm³/mol. The van der Waals surface area contributed by atoms with Gasteiger partial charge in [0.15, 0.2) is 0 Å². The lowest BCUT2D eigenvalue weighted by Gasteiger charge is -2.15. The van der Waals surface area contributed by atoms with E-state index in [2.05, 4.69) is 20.8 Å². The molecule has 0 spiro atoms. The molecule has 1 atom stereocenters. The summed E-state index contributed by atoms with van der Waals surface area (Å²) in [5, 5.41) is 13.8. The van der Waals surface area contributed by atoms with Gasteiger partial charge in [0.1, 0.15) is 12.9 Å². The van der Waals surface area contributed by atoms with E-state index in [1.54, 1.807) is 0 Å². The molecule has 1 aliphatic heterocycles. The highest BCUT2D eigenvalue weighted by molar-refractivity contribution is 5.85. The molecule has 1 aromatic rings. The normalized spacial score (nSPS) is 19.6. The topological polar surface area (TPSA) is 75.9 Å². The number of tetrazole rings is 1. The van der Waals surface area contributed by atoms with Crippen LogP contribution in [0.1, 0.15) is 6.42 Å². The Hall–Kier alpha value is -1.21. The Labute approximate surface area is 99.6 Å². The molecule has 0 radical (unpaired) electrons. The molecule has 0 aliphatic carbocycles. The second kappa shape index (κ2) is 5.76. The number of hydrogen-bond donors (Lipinski definition) is 1. The number of nitrogens with zero attached hydrogens (tertiary/aromatic N) is 5. The second-order valence-electron chi connectivity index (χ2n) is 3.62. The van der Waals surface area contributed by atoms with E-state index in [9.17, 15) is 4.79 Å². The number of likely N-dealkylation sites (N-methyl/N-ethyl adjacent to an activating group) is 1. The molecule has 1 saturated heterocycles. The van der Waals surface area contributed by atoms with Gasteiger partial charge in [-0.05, 0) is 23.9 Å². The fraction of sp³-hybridized carbons (Fsp3) is 0.750. The van der Waals surface area contributed by atoms with Crippen LogP contribution in [0.5, 0.6) is 0 Å². The summed E-state index contributed by atoms with van der Waals surface area (Å²) >= 11 is 0. The zero-order chi connectivity index (χ0) is 10.7. The van der Waals surface area contributed by atoms with Crippen LogP contribution < -0.4 is 5.32 Å². The molecule has 2 rings (SSSR count). The van der Waals surface area contributed by atoms with E-state index in [1.807, 2.05) is 11.9 Å². The van der Waals surface area contributed by atoms with Gasteiger partial charge in [0.2, 0.25) is 5.91 Å². The maximum Gasteiger partial charge on any atom is 0.244 e. The number of halogens is 1. The van der Waals surface area contributed by atoms with Gasteiger partial charge in [0.05, 0.1) is 0 Å². The van der Waals surface area contributed by atoms with Crippen molar-refractivity contribution in [2.24, 2.45) is 0 Å². The number of hydrogen-bond acceptors (Lipinski definition) is 5. The maximum atomic E-state index is 11.8. The standard InChI is InChI=1S/C8H14N6O.ClH/c1-9-7-2-3-13(4-7)8(15)5-14-6-10-11-12-14;/h6-7,9H,2-5H2,1H3;1H. The third-order valence-electron chi connectivity index (χ3n) is 2.64. The largest absolute Gasteiger partial charge is 0.339 e. The molecule has 1 N–H and O–H groups in total. The van der Waals surface area contributed by atoms with Crippen molar-refractivity contribution in [3.8, 4) is 0 Å². The highest BCUT2D eigenvalue weighted by Gasteiger charge is 2.24. The first-order chi connectivity index (χ1) is 7.29. The Bertz CT molecular complexity index is 329. The van der Waals surface area contributed by atoms with Crippen LogP contribution in [0.4, 0.5) is 0 Å². The third kappa shape index (κ3) is 2.89. The molecule has 8 heteroatoms. The molecule has 1 fully saturated rings. The summed E-state index contributed by atoms with van der Waals surface area (Å²) in [6, 6.07) is 0.419. The Morgan fingerprint density at radius 1 is 1.62 bits per heavy atom. The second-order valence-corrected chi connectivity index (χ2v) is 3.62. The van der Waals surface area contributed by atoms with E-state index in [4.69, 9.17) is 0 Å². The minimum Gasteiger partial charge on any atom is -0.339 e. The molecule has 0 saturated carbocycles. The molecule has 1 unspecified atom stereocenters. The molecule has 1 amide bonds. The van der Waals surface area contributed by atoms with Crippen LogP contribution in [-0.4, -0.2) is 57.2 Å². The first-order valence-electron chi connectivity index (χ1n) is 4.95. The Morgan fingerprint density at radius 3 is 3.00 bits per heavy atom. The molecular formula is C8H15ClN6O. The van der Waals surface area contributed by atoms with Gasteiger partial charge in [0.25, 0.3) is 0 Å². The number of carbonyl (C=O) groups excluding carboxylic acids is 1. The molecule has 2 heterocycles. The number of carbonyl (C=O) groups is 1. The van der Waals surface area contributed by atoms with Crippen molar-refractivity contribution in [1.82, 2.24) is 30.4 Å². The summed E-state index contributed by atoms with van der Waals surface area (Å²) < 4.78 is 1.44. The van der Waals surface area contributed by atoms with Gasteiger partial charge in [-0.1, -0.05) is 0 Å². The third-order valence-corrected chi connectivity index (χ3v) is 2.64. The molecule has 0 aromatic carbocycles. The van der Waals surface area contributed by atoms with Crippen LogP contribution in [-0.2, 0) is 11.3 Å². The highest BCUT2D eigenvalue weighted by atomic mass is 35.5. The summed E-state index contributed by atoms with van der Waals surface area (Å²) in [5.41, 5.74) is 0. The fourth-order valence-electron chi connectivity index (χ4n) is 1.71. The van der Waals surface area contributed by atoms with Crippen molar-refractivity contribution in [2.45, 2.75) is 19.0 Å². The van der Waals surface area contributed by atoms with Gasteiger partial charge in [-0.25, -0.2) is 4.68 Å². The van der Waals surface area contributed by atoms with Crippen molar-refractivity contribution < 1.29 is 4.79 Å². The van der Waals surface area contributed by atoms with E-state index < -0.39 is 0 Å². The molecule has 7 nitrogen and oxygen atoms in total. The molecule has 90 valence electrons. The van der Waals surface area contributed by atoms with Crippen LogP contribution >= 0.6 is 12.4 Å². The highest BCUT2D eigenvalue weighted by Crippen LogP contribution is 2.08. The monoisotopic (exact) mass is 246 g/mol. The lowest BCUT2D eigenvalue weighted by molar-refractivity contribution is -0.131. The maximum absolute atomic E-state index is 11.8. The summed E-state index contributed by atoms with van der Waals surface area (Å²) in [5.74, 6) is 0.0695. The van der Waals surface area contributed by atoms with Gasteiger partial charge in [-0.3, -0.25) is 4.79 Å². The minimum atomic E-state index is 0. The quantitative estimate of drug-likeness (QED) is 0.734. The van der Waals surface area contributed by atoms with Crippen molar-refractivity contribution >= 4 is 18.3 Å². The molecule has 1 aliphatic rings. The van der Waals surface area contributed by atoms with Gasteiger partial charge in [0, 0.05) is 19.1 Å². The number of likely N-dealkylation sites (tertiary alicyclic amines) is 1. The van der Waals surface area contributed by atoms with Gasteiger partial charge in [-0.15, -0.1) is 17.5 Å². The van der Waals surface area contributed by atoms with E-state index in [1.165, 1.54) is 11.0 Å². The van der Waals surface area contributed by atoms with E-state index in [0.29, 0.717) is 6.04 Å². The Morgan fingerprint density at radius 2 is 2.44 bits per heavy atom. The Balaban J connectivity index is 0.00000128. The SMILES string of the molecule is CNC1CCN(C(=O)Cn2cnnn2)C1.Cl. The van der Waals surface area contributed by atoms with Crippen molar-refractivity contribution in [3.63, 3.8) is 0 Å². The van der Waals surface area contributed by atoms with Gasteiger partial charge in [-0.2, -0.15) is 0 Å². The van der Waals surface area contributed by atoms with Crippen LogP contribution in [0.25, 0.3) is 0 Å². The van der Waals surface area contributed by atoms with Crippen LogP contribution in [0, 0.1) is 0 Å². The zero-order valence-corrected chi connectivity index (χ0v) is 9.85. The summed E-state index contributed by atoms with van der Waals surface area (Å²) in [7, 11) is 1.92. The van der Waals surface area contributed by atoms with E-state index >= 15 is 0 Å². The van der Waals surface area contributed by atoms with Crippen molar-refractivity contribution in [3.05, 3.63) is 6.33 Å². The van der Waals surface area contributed by atoms with Gasteiger partial charge >= 0.3 is 0 Å². The van der Waals surface area contributed by atoms with Gasteiger partial charge < -0.3 is 10.2 Å². The predicted octanol–water partition coefficient (Wildman–Crippen LogP) is -1.08. The lowest BCUT2D eigenvalue weighted by atomic mass is 10.3. The van der Waals surface area contributed by atoms with E-state index in [-0.39, 0.29) is 24.9 Å². The Kier molecular flexibility index (Phi) is 4.63. The smallest absolute Gasteiger partial charge is 0.244 e. The number of aromatic nitrogens is 4. The summed E-state index contributed by atoms with van der Waals surface area (Å²) in [6.07, 6.45) is 2.46. The first kappa shape index (κ1) is 12.9. The van der Waals surface area contributed by atoms with Crippen molar-refractivity contribution in [2.75, 3.05) is 20.1 Å².